The van der Waals surface area contributed by atoms with E-state index in [0.717, 1.165) is 0 Å². The second-order valence-corrected chi connectivity index (χ2v) is 3.73. The molecule has 1 aromatic carbocycles. The number of rotatable bonds is 4. The number of nitriles is 1. The molecule has 1 heterocycles. The molecule has 0 saturated carbocycles. The third-order valence-corrected chi connectivity index (χ3v) is 2.39. The largest absolute Gasteiger partial charge is 0.480 e. The van der Waals surface area contributed by atoms with E-state index in [4.69, 9.17) is 15.1 Å². The van der Waals surface area contributed by atoms with Crippen molar-refractivity contribution in [3.05, 3.63) is 48.2 Å². The average molecular weight is 254 g/mol. The first-order chi connectivity index (χ1) is 9.20. The third kappa shape index (κ3) is 3.07. The number of aromatic nitrogens is 1. The van der Waals surface area contributed by atoms with Crippen molar-refractivity contribution in [1.82, 2.24) is 4.98 Å². The highest BCUT2D eigenvalue weighted by Gasteiger charge is 2.09. The van der Waals surface area contributed by atoms with E-state index in [9.17, 15) is 4.79 Å². The topological polar surface area (TPSA) is 83.2 Å². The Morgan fingerprint density at radius 2 is 2.21 bits per heavy atom. The summed E-state index contributed by atoms with van der Waals surface area (Å²) >= 11 is 0. The van der Waals surface area contributed by atoms with Crippen molar-refractivity contribution in [2.45, 2.75) is 0 Å². The molecule has 0 aliphatic rings. The van der Waals surface area contributed by atoms with Crippen LogP contribution in [0.25, 0.3) is 11.3 Å². The molecule has 19 heavy (non-hydrogen) atoms. The monoisotopic (exact) mass is 254 g/mol. The summed E-state index contributed by atoms with van der Waals surface area (Å²) in [4.78, 5) is 14.7. The van der Waals surface area contributed by atoms with Gasteiger partial charge in [-0.25, -0.2) is 4.79 Å². The van der Waals surface area contributed by atoms with Gasteiger partial charge in [-0.3, -0.25) is 4.98 Å². The molecular formula is C14H10N2O3. The Morgan fingerprint density at radius 3 is 2.95 bits per heavy atom. The van der Waals surface area contributed by atoms with E-state index < -0.39 is 12.6 Å². The van der Waals surface area contributed by atoms with Crippen LogP contribution in [0.15, 0.2) is 42.6 Å². The van der Waals surface area contributed by atoms with Crippen molar-refractivity contribution >= 4 is 5.97 Å². The zero-order chi connectivity index (χ0) is 13.7. The summed E-state index contributed by atoms with van der Waals surface area (Å²) in [5, 5.41) is 17.5. The Balaban J connectivity index is 2.38. The summed E-state index contributed by atoms with van der Waals surface area (Å²) in [5.74, 6) is -0.680. The lowest BCUT2D eigenvalue weighted by Crippen LogP contribution is -2.10. The van der Waals surface area contributed by atoms with E-state index in [0.29, 0.717) is 22.6 Å². The van der Waals surface area contributed by atoms with Crippen LogP contribution in [0.2, 0.25) is 0 Å². The van der Waals surface area contributed by atoms with Gasteiger partial charge in [0.1, 0.15) is 11.4 Å². The molecule has 0 unspecified atom stereocenters. The highest BCUT2D eigenvalue weighted by atomic mass is 16.5. The van der Waals surface area contributed by atoms with Crippen LogP contribution in [0, 0.1) is 11.3 Å². The second kappa shape index (κ2) is 5.65. The van der Waals surface area contributed by atoms with Crippen molar-refractivity contribution in [3.8, 4) is 23.1 Å². The van der Waals surface area contributed by atoms with Gasteiger partial charge in [-0.2, -0.15) is 5.26 Å². The summed E-state index contributed by atoms with van der Waals surface area (Å²) in [5.41, 5.74) is 1.73. The minimum Gasteiger partial charge on any atom is -0.480 e. The molecule has 0 fully saturated rings. The van der Waals surface area contributed by atoms with Gasteiger partial charge in [0, 0.05) is 11.8 Å². The van der Waals surface area contributed by atoms with E-state index in [-0.39, 0.29) is 0 Å². The molecule has 2 rings (SSSR count). The Kier molecular flexibility index (Phi) is 3.74. The van der Waals surface area contributed by atoms with Gasteiger partial charge in [0.2, 0.25) is 0 Å². The molecule has 1 N–H and O–H groups in total. The van der Waals surface area contributed by atoms with Crippen LogP contribution in [0.3, 0.4) is 0 Å². The maximum atomic E-state index is 10.5. The fourth-order valence-electron chi connectivity index (χ4n) is 1.60. The molecule has 5 nitrogen and oxygen atoms in total. The van der Waals surface area contributed by atoms with Crippen LogP contribution in [0.4, 0.5) is 0 Å². The highest BCUT2D eigenvalue weighted by Crippen LogP contribution is 2.27. The number of nitrogens with zero attached hydrogens (tertiary/aromatic N) is 2. The van der Waals surface area contributed by atoms with Crippen molar-refractivity contribution in [2.24, 2.45) is 0 Å². The number of benzene rings is 1. The molecule has 0 saturated heterocycles. The summed E-state index contributed by atoms with van der Waals surface area (Å²) in [6.07, 6.45) is 1.59. The molecule has 0 bridgehead atoms. The number of aliphatic carboxylic acids is 1. The van der Waals surface area contributed by atoms with Crippen LogP contribution in [0.1, 0.15) is 5.56 Å². The number of carbonyl (C=O) groups is 1. The Hall–Kier alpha value is -2.87. The molecule has 94 valence electrons. The van der Waals surface area contributed by atoms with Gasteiger partial charge >= 0.3 is 5.97 Å². The van der Waals surface area contributed by atoms with E-state index >= 15 is 0 Å². The molecule has 0 aliphatic carbocycles. The van der Waals surface area contributed by atoms with Crippen molar-refractivity contribution in [2.75, 3.05) is 6.61 Å². The number of pyridine rings is 1. The molecule has 0 spiro atoms. The minimum atomic E-state index is -1.06. The molecule has 2 aromatic rings. The average Bonchev–Trinajstić information content (AvgIpc) is 2.45. The van der Waals surface area contributed by atoms with Crippen LogP contribution >= 0.6 is 0 Å². The quantitative estimate of drug-likeness (QED) is 0.903. The van der Waals surface area contributed by atoms with Crippen molar-refractivity contribution in [3.63, 3.8) is 0 Å². The summed E-state index contributed by atoms with van der Waals surface area (Å²) < 4.78 is 5.18. The standard InChI is InChI=1S/C14H10N2O3/c15-8-10-3-1-4-11(7-10)14-12(5-2-6-16-14)19-9-13(17)18/h1-7H,9H2,(H,17,18). The van der Waals surface area contributed by atoms with Crippen LogP contribution in [-0.2, 0) is 4.79 Å². The molecule has 0 atom stereocenters. The third-order valence-electron chi connectivity index (χ3n) is 2.39. The van der Waals surface area contributed by atoms with E-state index in [2.05, 4.69) is 4.98 Å². The predicted octanol–water partition coefficient (Wildman–Crippen LogP) is 2.08. The number of ether oxygens (including phenoxy) is 1. The predicted molar refractivity (Wildman–Crippen MR) is 67.5 cm³/mol. The first kappa shape index (κ1) is 12.6. The van der Waals surface area contributed by atoms with Gasteiger partial charge in [0.25, 0.3) is 0 Å². The molecule has 0 aliphatic heterocycles. The minimum absolute atomic E-state index is 0.375. The zero-order valence-electron chi connectivity index (χ0n) is 9.91. The lowest BCUT2D eigenvalue weighted by atomic mass is 10.1. The molecule has 0 radical (unpaired) electrons. The summed E-state index contributed by atoms with van der Waals surface area (Å²) in [6.45, 7) is -0.434. The number of hydrogen-bond acceptors (Lipinski definition) is 4. The van der Waals surface area contributed by atoms with Crippen LogP contribution in [-0.4, -0.2) is 22.7 Å². The summed E-state index contributed by atoms with van der Waals surface area (Å²) in [7, 11) is 0. The van der Waals surface area contributed by atoms with Crippen LogP contribution < -0.4 is 4.74 Å². The van der Waals surface area contributed by atoms with E-state index in [1.54, 1.807) is 42.6 Å². The van der Waals surface area contributed by atoms with Crippen molar-refractivity contribution in [1.29, 1.82) is 5.26 Å². The van der Waals surface area contributed by atoms with E-state index in [1.165, 1.54) is 0 Å². The number of carboxylic acids is 1. The van der Waals surface area contributed by atoms with Gasteiger partial charge in [0.15, 0.2) is 6.61 Å². The SMILES string of the molecule is N#Cc1cccc(-c2ncccc2OCC(=O)O)c1. The number of carboxylic acid groups (broad SMARTS) is 1. The van der Waals surface area contributed by atoms with Gasteiger partial charge in [-0.15, -0.1) is 0 Å². The smallest absolute Gasteiger partial charge is 0.341 e. The Labute approximate surface area is 109 Å². The van der Waals surface area contributed by atoms with Gasteiger partial charge in [-0.05, 0) is 24.3 Å². The highest BCUT2D eigenvalue weighted by molar-refractivity contribution is 5.71. The molecule has 1 aromatic heterocycles. The van der Waals surface area contributed by atoms with E-state index in [1.807, 2.05) is 6.07 Å². The number of hydrogen-bond donors (Lipinski definition) is 1. The second-order valence-electron chi connectivity index (χ2n) is 3.73. The maximum Gasteiger partial charge on any atom is 0.341 e. The Bertz CT molecular complexity index is 647. The normalized spacial score (nSPS) is 9.63. The van der Waals surface area contributed by atoms with Gasteiger partial charge in [0.05, 0.1) is 11.6 Å². The lowest BCUT2D eigenvalue weighted by Gasteiger charge is -2.09. The fraction of sp³-hybridized carbons (Fsp3) is 0.0714. The first-order valence-electron chi connectivity index (χ1n) is 5.51. The summed E-state index contributed by atoms with van der Waals surface area (Å²) in [6, 6.07) is 12.2. The first-order valence-corrected chi connectivity index (χ1v) is 5.51. The van der Waals surface area contributed by atoms with Crippen LogP contribution in [0.5, 0.6) is 5.75 Å². The zero-order valence-corrected chi connectivity index (χ0v) is 9.91. The van der Waals surface area contributed by atoms with Gasteiger partial charge < -0.3 is 9.84 Å². The maximum absolute atomic E-state index is 10.5. The lowest BCUT2D eigenvalue weighted by molar-refractivity contribution is -0.139. The molecular weight excluding hydrogens is 244 g/mol. The van der Waals surface area contributed by atoms with Crippen molar-refractivity contribution < 1.29 is 14.6 Å². The fourth-order valence-corrected chi connectivity index (χ4v) is 1.60. The Morgan fingerprint density at radius 1 is 1.37 bits per heavy atom. The van der Waals surface area contributed by atoms with Gasteiger partial charge in [-0.1, -0.05) is 12.1 Å². The molecule has 5 heteroatoms. The molecule has 0 amide bonds.